The molecule has 4 heteroatoms. The summed E-state index contributed by atoms with van der Waals surface area (Å²) in [5, 5.41) is 0. The van der Waals surface area contributed by atoms with Gasteiger partial charge in [-0.15, -0.1) is 0 Å². The van der Waals surface area contributed by atoms with Crippen LogP contribution in [0.3, 0.4) is 0 Å². The molecule has 0 saturated carbocycles. The summed E-state index contributed by atoms with van der Waals surface area (Å²) in [5.74, 6) is 1.29. The van der Waals surface area contributed by atoms with Gasteiger partial charge in [-0.2, -0.15) is 0 Å². The highest BCUT2D eigenvalue weighted by molar-refractivity contribution is 7.85. The summed E-state index contributed by atoms with van der Waals surface area (Å²) in [7, 11) is 0.584. The molecular weight excluding hydrogens is 212 g/mol. The molecule has 0 saturated heterocycles. The maximum atomic E-state index is 11.7. The number of methoxy groups -OCH3 is 1. The van der Waals surface area contributed by atoms with Crippen LogP contribution in [-0.2, 0) is 15.6 Å². The molecule has 82 valence electrons. The largest absolute Gasteiger partial charge is 0.497 e. The Bertz CT molecular complexity index is 332. The van der Waals surface area contributed by atoms with Crippen molar-refractivity contribution < 1.29 is 13.7 Å². The Morgan fingerprint density at radius 2 is 2.00 bits per heavy atom. The summed E-state index contributed by atoms with van der Waals surface area (Å²) >= 11 is 0. The number of ether oxygens (including phenoxy) is 1. The Kier molecular flexibility index (Phi) is 5.04. The van der Waals surface area contributed by atoms with E-state index in [0.29, 0.717) is 18.6 Å². The van der Waals surface area contributed by atoms with Crippen molar-refractivity contribution >= 4 is 17.1 Å². The van der Waals surface area contributed by atoms with Gasteiger partial charge in [0.1, 0.15) is 12.0 Å². The van der Waals surface area contributed by atoms with Crippen LogP contribution in [0.5, 0.6) is 5.75 Å². The third-order valence-corrected chi connectivity index (χ3v) is 3.43. The Labute approximate surface area is 91.9 Å². The fourth-order valence-electron chi connectivity index (χ4n) is 1.14. The van der Waals surface area contributed by atoms with Crippen molar-refractivity contribution in [3.05, 3.63) is 24.3 Å². The molecule has 0 N–H and O–H groups in total. The molecule has 1 atom stereocenters. The highest BCUT2D eigenvalue weighted by Gasteiger charge is 2.03. The fraction of sp³-hybridized carbons (Fsp3) is 0.364. The number of benzene rings is 1. The Morgan fingerprint density at radius 1 is 1.33 bits per heavy atom. The smallest absolute Gasteiger partial charge is 0.120 e. The van der Waals surface area contributed by atoms with E-state index in [1.54, 1.807) is 31.4 Å². The number of unbranched alkanes of at least 4 members (excludes halogenated alkanes) is 1. The highest BCUT2D eigenvalue weighted by atomic mass is 32.2. The molecule has 0 aliphatic rings. The minimum absolute atomic E-state index is 0.474. The van der Waals surface area contributed by atoms with Crippen LogP contribution in [0.2, 0.25) is 0 Å². The topological polar surface area (TPSA) is 43.4 Å². The molecule has 1 rings (SSSR count). The first kappa shape index (κ1) is 11.9. The van der Waals surface area contributed by atoms with Crippen molar-refractivity contribution in [3.63, 3.8) is 0 Å². The van der Waals surface area contributed by atoms with E-state index in [2.05, 4.69) is 0 Å². The van der Waals surface area contributed by atoms with Crippen LogP contribution in [0.1, 0.15) is 12.8 Å². The van der Waals surface area contributed by atoms with Crippen molar-refractivity contribution in [1.29, 1.82) is 0 Å². The monoisotopic (exact) mass is 226 g/mol. The number of aldehydes is 1. The summed E-state index contributed by atoms with van der Waals surface area (Å²) < 4.78 is 16.7. The lowest BCUT2D eigenvalue weighted by Gasteiger charge is -2.02. The molecule has 1 unspecified atom stereocenters. The molecule has 0 spiro atoms. The quantitative estimate of drug-likeness (QED) is 0.548. The standard InChI is InChI=1S/C11H14O3S/c1-14-10-4-6-11(7-5-10)15(13)9-3-2-8-12/h4-8H,2-3,9H2,1H3. The lowest BCUT2D eigenvalue weighted by molar-refractivity contribution is -0.107. The van der Waals surface area contributed by atoms with Crippen LogP contribution in [0.15, 0.2) is 29.2 Å². The van der Waals surface area contributed by atoms with Crippen LogP contribution in [0.4, 0.5) is 0 Å². The van der Waals surface area contributed by atoms with Crippen molar-refractivity contribution in [2.24, 2.45) is 0 Å². The third-order valence-electron chi connectivity index (χ3n) is 1.97. The SMILES string of the molecule is COc1ccc(S(=O)CCCC=O)cc1. The molecule has 1 aromatic rings. The van der Waals surface area contributed by atoms with E-state index in [9.17, 15) is 9.00 Å². The summed E-state index contributed by atoms with van der Waals surface area (Å²) in [6.07, 6.45) is 2.00. The van der Waals surface area contributed by atoms with Crippen LogP contribution in [-0.4, -0.2) is 23.4 Å². The Morgan fingerprint density at radius 3 is 2.53 bits per heavy atom. The molecule has 15 heavy (non-hydrogen) atoms. The molecule has 0 aromatic heterocycles. The molecule has 0 aliphatic heterocycles. The molecule has 0 fully saturated rings. The Balaban J connectivity index is 2.54. The van der Waals surface area contributed by atoms with E-state index in [4.69, 9.17) is 4.74 Å². The van der Waals surface area contributed by atoms with Crippen molar-refractivity contribution in [3.8, 4) is 5.75 Å². The Hall–Kier alpha value is -1.16. The van der Waals surface area contributed by atoms with Gasteiger partial charge in [0, 0.05) is 17.1 Å². The van der Waals surface area contributed by atoms with Gasteiger partial charge in [-0.05, 0) is 30.7 Å². The normalized spacial score (nSPS) is 12.1. The summed E-state index contributed by atoms with van der Waals surface area (Å²) in [6.45, 7) is 0. The first-order chi connectivity index (χ1) is 7.27. The van der Waals surface area contributed by atoms with Gasteiger partial charge in [-0.25, -0.2) is 0 Å². The average molecular weight is 226 g/mol. The molecule has 0 amide bonds. The van der Waals surface area contributed by atoms with Gasteiger partial charge in [0.2, 0.25) is 0 Å². The minimum atomic E-state index is -1.01. The lowest BCUT2D eigenvalue weighted by atomic mass is 10.3. The minimum Gasteiger partial charge on any atom is -0.497 e. The predicted octanol–water partition coefficient (Wildman–Crippen LogP) is 1.78. The number of carbonyl (C=O) groups excluding carboxylic acids is 1. The van der Waals surface area contributed by atoms with Crippen LogP contribution in [0, 0.1) is 0 Å². The van der Waals surface area contributed by atoms with Crippen molar-refractivity contribution in [2.45, 2.75) is 17.7 Å². The van der Waals surface area contributed by atoms with Gasteiger partial charge in [0.15, 0.2) is 0 Å². The molecule has 1 aromatic carbocycles. The molecule has 0 heterocycles. The second-order valence-corrected chi connectivity index (χ2v) is 4.60. The fourth-order valence-corrected chi connectivity index (χ4v) is 2.25. The summed E-state index contributed by atoms with van der Waals surface area (Å²) in [6, 6.07) is 7.14. The average Bonchev–Trinajstić information content (AvgIpc) is 2.29. The summed E-state index contributed by atoms with van der Waals surface area (Å²) in [4.78, 5) is 10.9. The highest BCUT2D eigenvalue weighted by Crippen LogP contribution is 2.14. The number of rotatable bonds is 6. The first-order valence-corrected chi connectivity index (χ1v) is 6.06. The van der Waals surface area contributed by atoms with Gasteiger partial charge in [0.25, 0.3) is 0 Å². The summed E-state index contributed by atoms with van der Waals surface area (Å²) in [5.41, 5.74) is 0. The van der Waals surface area contributed by atoms with E-state index >= 15 is 0 Å². The molecule has 0 bridgehead atoms. The third kappa shape index (κ3) is 3.83. The molecule has 0 radical (unpaired) electrons. The van der Waals surface area contributed by atoms with Gasteiger partial charge in [-0.3, -0.25) is 4.21 Å². The van der Waals surface area contributed by atoms with Gasteiger partial charge < -0.3 is 9.53 Å². The van der Waals surface area contributed by atoms with Crippen LogP contribution < -0.4 is 4.74 Å². The van der Waals surface area contributed by atoms with E-state index in [-0.39, 0.29) is 0 Å². The zero-order valence-corrected chi connectivity index (χ0v) is 9.46. The van der Waals surface area contributed by atoms with Crippen LogP contribution >= 0.6 is 0 Å². The van der Waals surface area contributed by atoms with E-state index < -0.39 is 10.8 Å². The molecular formula is C11H14O3S. The lowest BCUT2D eigenvalue weighted by Crippen LogP contribution is -1.98. The van der Waals surface area contributed by atoms with Gasteiger partial charge in [0.05, 0.1) is 17.9 Å². The van der Waals surface area contributed by atoms with Gasteiger partial charge >= 0.3 is 0 Å². The van der Waals surface area contributed by atoms with Crippen molar-refractivity contribution in [2.75, 3.05) is 12.9 Å². The predicted molar refractivity (Wildman–Crippen MR) is 59.6 cm³/mol. The zero-order chi connectivity index (χ0) is 11.1. The molecule has 3 nitrogen and oxygen atoms in total. The second kappa shape index (κ2) is 6.35. The number of carbonyl (C=O) groups is 1. The van der Waals surface area contributed by atoms with E-state index in [0.717, 1.165) is 16.9 Å². The van der Waals surface area contributed by atoms with E-state index in [1.165, 1.54) is 0 Å². The maximum Gasteiger partial charge on any atom is 0.120 e. The van der Waals surface area contributed by atoms with Crippen LogP contribution in [0.25, 0.3) is 0 Å². The number of hydrogen-bond donors (Lipinski definition) is 0. The van der Waals surface area contributed by atoms with E-state index in [1.807, 2.05) is 0 Å². The first-order valence-electron chi connectivity index (χ1n) is 4.74. The maximum absolute atomic E-state index is 11.7. The zero-order valence-electron chi connectivity index (χ0n) is 8.64. The van der Waals surface area contributed by atoms with Crippen molar-refractivity contribution in [1.82, 2.24) is 0 Å². The second-order valence-electron chi connectivity index (χ2n) is 3.03. The number of hydrogen-bond acceptors (Lipinski definition) is 3. The van der Waals surface area contributed by atoms with Gasteiger partial charge in [-0.1, -0.05) is 0 Å². The molecule has 0 aliphatic carbocycles.